The van der Waals surface area contributed by atoms with Crippen molar-refractivity contribution in [3.63, 3.8) is 0 Å². The van der Waals surface area contributed by atoms with Crippen LogP contribution in [0.1, 0.15) is 27.7 Å². The van der Waals surface area contributed by atoms with Gasteiger partial charge in [0.1, 0.15) is 0 Å². The summed E-state index contributed by atoms with van der Waals surface area (Å²) in [7, 11) is 0. The molecule has 18 heavy (non-hydrogen) atoms. The van der Waals surface area contributed by atoms with E-state index in [-0.39, 0.29) is 12.5 Å². The lowest BCUT2D eigenvalue weighted by atomic mass is 10.1. The summed E-state index contributed by atoms with van der Waals surface area (Å²) in [6, 6.07) is 0. The number of hydrogen-bond donors (Lipinski definition) is 0. The third-order valence-corrected chi connectivity index (χ3v) is 1.77. The summed E-state index contributed by atoms with van der Waals surface area (Å²) in [5, 5.41) is 10.9. The SMILES string of the molecule is CCOC(=O)C(OC(C)=O)/C(=C\C(C)C)[N+](=O)[O-]. The van der Waals surface area contributed by atoms with E-state index in [2.05, 4.69) is 9.47 Å². The molecule has 0 radical (unpaired) electrons. The molecule has 0 saturated heterocycles. The maximum absolute atomic E-state index is 11.6. The van der Waals surface area contributed by atoms with Gasteiger partial charge in [-0.1, -0.05) is 13.8 Å². The third kappa shape index (κ3) is 5.42. The molecule has 0 heterocycles. The quantitative estimate of drug-likeness (QED) is 0.405. The van der Waals surface area contributed by atoms with E-state index >= 15 is 0 Å². The van der Waals surface area contributed by atoms with Gasteiger partial charge in [-0.25, -0.2) is 4.79 Å². The van der Waals surface area contributed by atoms with Crippen LogP contribution in [0.5, 0.6) is 0 Å². The Labute approximate surface area is 105 Å². The molecule has 1 unspecified atom stereocenters. The first-order chi connectivity index (χ1) is 8.29. The number of carbonyl (C=O) groups excluding carboxylic acids is 2. The van der Waals surface area contributed by atoms with Crippen LogP contribution in [0.4, 0.5) is 0 Å². The van der Waals surface area contributed by atoms with Gasteiger partial charge in [0.25, 0.3) is 11.8 Å². The van der Waals surface area contributed by atoms with Gasteiger partial charge in [0.2, 0.25) is 0 Å². The van der Waals surface area contributed by atoms with Crippen molar-refractivity contribution >= 4 is 11.9 Å². The van der Waals surface area contributed by atoms with Crippen molar-refractivity contribution in [1.82, 2.24) is 0 Å². The fourth-order valence-electron chi connectivity index (χ4n) is 1.20. The zero-order chi connectivity index (χ0) is 14.3. The second-order valence-corrected chi connectivity index (χ2v) is 3.83. The van der Waals surface area contributed by atoms with Gasteiger partial charge in [-0.3, -0.25) is 14.9 Å². The van der Waals surface area contributed by atoms with E-state index in [1.165, 1.54) is 6.08 Å². The highest BCUT2D eigenvalue weighted by Gasteiger charge is 2.36. The van der Waals surface area contributed by atoms with E-state index in [9.17, 15) is 19.7 Å². The number of nitro groups is 1. The Hall–Kier alpha value is -1.92. The predicted molar refractivity (Wildman–Crippen MR) is 62.1 cm³/mol. The molecule has 0 aliphatic rings. The maximum Gasteiger partial charge on any atom is 0.358 e. The van der Waals surface area contributed by atoms with E-state index in [4.69, 9.17) is 0 Å². The van der Waals surface area contributed by atoms with Crippen LogP contribution in [0.2, 0.25) is 0 Å². The summed E-state index contributed by atoms with van der Waals surface area (Å²) in [5.74, 6) is -1.90. The van der Waals surface area contributed by atoms with Crippen LogP contribution in [0, 0.1) is 16.0 Å². The lowest BCUT2D eigenvalue weighted by molar-refractivity contribution is -0.434. The van der Waals surface area contributed by atoms with Crippen molar-refractivity contribution < 1.29 is 24.0 Å². The minimum absolute atomic E-state index is 0.0449. The molecule has 0 bridgehead atoms. The number of nitrogens with zero attached hydrogens (tertiary/aromatic N) is 1. The zero-order valence-electron chi connectivity index (χ0n) is 10.8. The van der Waals surface area contributed by atoms with Gasteiger partial charge in [0.15, 0.2) is 0 Å². The number of allylic oxidation sites excluding steroid dienone is 1. The molecule has 0 aromatic rings. The summed E-state index contributed by atoms with van der Waals surface area (Å²) < 4.78 is 9.32. The van der Waals surface area contributed by atoms with Crippen molar-refractivity contribution in [2.45, 2.75) is 33.8 Å². The molecule has 0 aromatic heterocycles. The minimum atomic E-state index is -1.63. The van der Waals surface area contributed by atoms with E-state index in [1.807, 2.05) is 0 Å². The Morgan fingerprint density at radius 2 is 1.94 bits per heavy atom. The molecule has 0 fully saturated rings. The van der Waals surface area contributed by atoms with Crippen LogP contribution in [0.3, 0.4) is 0 Å². The topological polar surface area (TPSA) is 95.7 Å². The van der Waals surface area contributed by atoms with Gasteiger partial charge < -0.3 is 9.47 Å². The maximum atomic E-state index is 11.6. The summed E-state index contributed by atoms with van der Waals surface area (Å²) in [4.78, 5) is 32.6. The number of esters is 2. The van der Waals surface area contributed by atoms with E-state index < -0.39 is 28.7 Å². The molecule has 0 amide bonds. The molecule has 1 atom stereocenters. The molecule has 102 valence electrons. The monoisotopic (exact) mass is 259 g/mol. The molecular weight excluding hydrogens is 242 g/mol. The number of ether oxygens (including phenoxy) is 2. The van der Waals surface area contributed by atoms with E-state index in [0.717, 1.165) is 6.92 Å². The summed E-state index contributed by atoms with van der Waals surface area (Å²) in [6.07, 6.45) is -0.371. The summed E-state index contributed by atoms with van der Waals surface area (Å²) >= 11 is 0. The van der Waals surface area contributed by atoms with Gasteiger partial charge in [-0.05, 0) is 18.9 Å². The second-order valence-electron chi connectivity index (χ2n) is 3.83. The number of rotatable bonds is 6. The Balaban J connectivity index is 5.29. The first-order valence-corrected chi connectivity index (χ1v) is 5.49. The molecule has 0 N–H and O–H groups in total. The molecule has 7 nitrogen and oxygen atoms in total. The Morgan fingerprint density at radius 1 is 1.39 bits per heavy atom. The van der Waals surface area contributed by atoms with Crippen LogP contribution < -0.4 is 0 Å². The zero-order valence-corrected chi connectivity index (χ0v) is 10.8. The first kappa shape index (κ1) is 16.1. The molecule has 7 heteroatoms. The Kier molecular flexibility index (Phi) is 6.62. The first-order valence-electron chi connectivity index (χ1n) is 5.49. The highest BCUT2D eigenvalue weighted by Crippen LogP contribution is 2.14. The van der Waals surface area contributed by atoms with Crippen LogP contribution in [0.25, 0.3) is 0 Å². The van der Waals surface area contributed by atoms with Gasteiger partial charge in [0.05, 0.1) is 11.5 Å². The average Bonchev–Trinajstić information content (AvgIpc) is 2.22. The average molecular weight is 259 g/mol. The smallest absolute Gasteiger partial charge is 0.358 e. The van der Waals surface area contributed by atoms with Crippen LogP contribution in [0.15, 0.2) is 11.8 Å². The molecule has 0 aliphatic heterocycles. The molecule has 0 saturated carbocycles. The minimum Gasteiger partial charge on any atom is -0.463 e. The molecule has 0 spiro atoms. The fourth-order valence-corrected chi connectivity index (χ4v) is 1.20. The standard InChI is InChI=1S/C11H17NO6/c1-5-17-11(14)10(18-8(4)13)9(12(15)16)6-7(2)3/h6-7,10H,5H2,1-4H3/b9-6+. The highest BCUT2D eigenvalue weighted by molar-refractivity contribution is 5.81. The van der Waals surface area contributed by atoms with E-state index in [0.29, 0.717) is 0 Å². The normalized spacial score (nSPS) is 13.1. The van der Waals surface area contributed by atoms with Crippen molar-refractivity contribution in [1.29, 1.82) is 0 Å². The van der Waals surface area contributed by atoms with E-state index in [1.54, 1.807) is 20.8 Å². The van der Waals surface area contributed by atoms with Gasteiger partial charge in [-0.15, -0.1) is 0 Å². The number of hydrogen-bond acceptors (Lipinski definition) is 6. The van der Waals surface area contributed by atoms with Crippen molar-refractivity contribution in [3.8, 4) is 0 Å². The molecule has 0 rings (SSSR count). The number of carbonyl (C=O) groups is 2. The molecule has 0 aliphatic carbocycles. The Morgan fingerprint density at radius 3 is 2.28 bits per heavy atom. The second kappa shape index (κ2) is 7.41. The largest absolute Gasteiger partial charge is 0.463 e. The van der Waals surface area contributed by atoms with Crippen molar-refractivity contribution in [2.24, 2.45) is 5.92 Å². The predicted octanol–water partition coefficient (Wildman–Crippen LogP) is 1.30. The molecule has 0 aromatic carbocycles. The Bertz CT molecular complexity index is 361. The lowest BCUT2D eigenvalue weighted by Gasteiger charge is -2.13. The third-order valence-electron chi connectivity index (χ3n) is 1.77. The van der Waals surface area contributed by atoms with Crippen molar-refractivity contribution in [3.05, 3.63) is 21.9 Å². The van der Waals surface area contributed by atoms with Gasteiger partial charge >= 0.3 is 11.9 Å². The molecular formula is C11H17NO6. The lowest BCUT2D eigenvalue weighted by Crippen LogP contribution is -2.33. The van der Waals surface area contributed by atoms with Crippen LogP contribution in [-0.4, -0.2) is 29.6 Å². The summed E-state index contributed by atoms with van der Waals surface area (Å²) in [5.41, 5.74) is -0.487. The van der Waals surface area contributed by atoms with Crippen molar-refractivity contribution in [2.75, 3.05) is 6.61 Å². The van der Waals surface area contributed by atoms with Crippen LogP contribution >= 0.6 is 0 Å². The summed E-state index contributed by atoms with van der Waals surface area (Å²) in [6.45, 7) is 6.09. The fraction of sp³-hybridized carbons (Fsp3) is 0.636. The van der Waals surface area contributed by atoms with Crippen LogP contribution in [-0.2, 0) is 19.1 Å². The van der Waals surface area contributed by atoms with Gasteiger partial charge in [-0.2, -0.15) is 0 Å². The highest BCUT2D eigenvalue weighted by atomic mass is 16.6. The van der Waals surface area contributed by atoms with Gasteiger partial charge in [0, 0.05) is 6.92 Å².